The molecule has 0 fully saturated rings. The van der Waals surface area contributed by atoms with Crippen LogP contribution in [0.4, 0.5) is 5.69 Å². The van der Waals surface area contributed by atoms with Gasteiger partial charge in [0.15, 0.2) is 0 Å². The van der Waals surface area contributed by atoms with Gasteiger partial charge in [0.1, 0.15) is 17.4 Å². The van der Waals surface area contributed by atoms with E-state index in [0.717, 1.165) is 6.42 Å². The normalized spacial score (nSPS) is 11.6. The number of hydrogen-bond donors (Lipinski definition) is 0. The largest absolute Gasteiger partial charge is 0.489 e. The molecule has 0 bridgehead atoms. The Morgan fingerprint density at radius 1 is 1.62 bits per heavy atom. The third-order valence-electron chi connectivity index (χ3n) is 2.20. The maximum absolute atomic E-state index is 10.5. The second kappa shape index (κ2) is 5.12. The van der Waals surface area contributed by atoms with Gasteiger partial charge in [-0.05, 0) is 19.4 Å². The average Bonchev–Trinajstić information content (AvgIpc) is 2.29. The molecule has 0 aromatic heterocycles. The number of rotatable bonds is 4. The van der Waals surface area contributed by atoms with Crippen molar-refractivity contribution in [3.63, 3.8) is 0 Å². The summed E-state index contributed by atoms with van der Waals surface area (Å²) in [5.74, 6) is 0.391. The highest BCUT2D eigenvalue weighted by atomic mass is 16.6. The molecule has 0 radical (unpaired) electrons. The lowest BCUT2D eigenvalue weighted by atomic mass is 10.2. The summed E-state index contributed by atoms with van der Waals surface area (Å²) in [5, 5.41) is 19.4. The van der Waals surface area contributed by atoms with E-state index in [-0.39, 0.29) is 17.4 Å². The van der Waals surface area contributed by atoms with Crippen LogP contribution in [0.3, 0.4) is 0 Å². The summed E-state index contributed by atoms with van der Waals surface area (Å²) in [6.07, 6.45) is 0.788. The predicted molar refractivity (Wildman–Crippen MR) is 58.2 cm³/mol. The molecule has 0 saturated carbocycles. The van der Waals surface area contributed by atoms with Crippen molar-refractivity contribution in [2.75, 3.05) is 0 Å². The summed E-state index contributed by atoms with van der Waals surface area (Å²) in [7, 11) is 0. The van der Waals surface area contributed by atoms with Crippen LogP contribution >= 0.6 is 0 Å². The Hall–Kier alpha value is -2.09. The highest BCUT2D eigenvalue weighted by Gasteiger charge is 2.12. The van der Waals surface area contributed by atoms with E-state index in [0.29, 0.717) is 5.75 Å². The highest BCUT2D eigenvalue weighted by molar-refractivity contribution is 5.50. The molecule has 1 rings (SSSR count). The van der Waals surface area contributed by atoms with E-state index < -0.39 is 4.92 Å². The van der Waals surface area contributed by atoms with Gasteiger partial charge in [-0.1, -0.05) is 6.92 Å². The Kier molecular flexibility index (Phi) is 3.84. The van der Waals surface area contributed by atoms with E-state index in [2.05, 4.69) is 0 Å². The second-order valence-corrected chi connectivity index (χ2v) is 3.39. The molecule has 1 unspecified atom stereocenters. The van der Waals surface area contributed by atoms with Crippen LogP contribution in [0.5, 0.6) is 5.75 Å². The Bertz CT molecular complexity index is 437. The molecule has 0 N–H and O–H groups in total. The van der Waals surface area contributed by atoms with Gasteiger partial charge < -0.3 is 4.74 Å². The van der Waals surface area contributed by atoms with Gasteiger partial charge in [-0.15, -0.1) is 0 Å². The standard InChI is InChI=1S/C11H12N2O3/c1-3-8(2)16-11-5-4-10(13(14)15)6-9(11)7-12/h4-6,8H,3H2,1-2H3. The molecule has 0 aliphatic carbocycles. The van der Waals surface area contributed by atoms with Crippen molar-refractivity contribution >= 4 is 5.69 Å². The van der Waals surface area contributed by atoms with E-state index in [1.54, 1.807) is 0 Å². The van der Waals surface area contributed by atoms with Crippen LogP contribution in [0.15, 0.2) is 18.2 Å². The Morgan fingerprint density at radius 3 is 2.81 bits per heavy atom. The fourth-order valence-electron chi connectivity index (χ4n) is 1.12. The van der Waals surface area contributed by atoms with Gasteiger partial charge in [-0.2, -0.15) is 5.26 Å². The number of ether oxygens (including phenoxy) is 1. The summed E-state index contributed by atoms with van der Waals surface area (Å²) in [4.78, 5) is 9.98. The van der Waals surface area contributed by atoms with Crippen molar-refractivity contribution in [1.29, 1.82) is 5.26 Å². The van der Waals surface area contributed by atoms with E-state index in [1.165, 1.54) is 18.2 Å². The van der Waals surface area contributed by atoms with Crippen LogP contribution in [0.1, 0.15) is 25.8 Å². The molecule has 1 aromatic carbocycles. The first-order valence-electron chi connectivity index (χ1n) is 4.93. The van der Waals surface area contributed by atoms with Crippen LogP contribution in [0, 0.1) is 21.4 Å². The van der Waals surface area contributed by atoms with Crippen molar-refractivity contribution < 1.29 is 9.66 Å². The zero-order valence-corrected chi connectivity index (χ0v) is 9.14. The lowest BCUT2D eigenvalue weighted by Gasteiger charge is -2.13. The summed E-state index contributed by atoms with van der Waals surface area (Å²) in [6, 6.07) is 5.90. The van der Waals surface area contributed by atoms with E-state index in [1.807, 2.05) is 19.9 Å². The first-order chi connectivity index (χ1) is 7.58. The number of nitrogens with zero attached hydrogens (tertiary/aromatic N) is 2. The van der Waals surface area contributed by atoms with Gasteiger partial charge >= 0.3 is 0 Å². The molecule has 0 aliphatic heterocycles. The maximum atomic E-state index is 10.5. The number of non-ortho nitro benzene ring substituents is 1. The maximum Gasteiger partial charge on any atom is 0.271 e. The number of nitriles is 1. The summed E-state index contributed by atoms with van der Waals surface area (Å²) < 4.78 is 5.48. The quantitative estimate of drug-likeness (QED) is 0.577. The molecule has 84 valence electrons. The van der Waals surface area contributed by atoms with Gasteiger partial charge in [0, 0.05) is 12.1 Å². The van der Waals surface area contributed by atoms with Crippen molar-refractivity contribution in [2.24, 2.45) is 0 Å². The Balaban J connectivity index is 3.03. The molecule has 5 nitrogen and oxygen atoms in total. The molecule has 0 amide bonds. The lowest BCUT2D eigenvalue weighted by Crippen LogP contribution is -2.10. The number of benzene rings is 1. The van der Waals surface area contributed by atoms with E-state index >= 15 is 0 Å². The Labute approximate surface area is 93.4 Å². The van der Waals surface area contributed by atoms with Crippen LogP contribution in [-0.4, -0.2) is 11.0 Å². The zero-order valence-electron chi connectivity index (χ0n) is 9.14. The van der Waals surface area contributed by atoms with E-state index in [9.17, 15) is 10.1 Å². The minimum Gasteiger partial charge on any atom is -0.489 e. The van der Waals surface area contributed by atoms with Crippen molar-refractivity contribution in [2.45, 2.75) is 26.4 Å². The molecule has 0 heterocycles. The second-order valence-electron chi connectivity index (χ2n) is 3.39. The van der Waals surface area contributed by atoms with Gasteiger partial charge in [0.05, 0.1) is 11.0 Å². The molecule has 16 heavy (non-hydrogen) atoms. The third kappa shape index (κ3) is 2.70. The topological polar surface area (TPSA) is 76.2 Å². The first-order valence-corrected chi connectivity index (χ1v) is 4.93. The van der Waals surface area contributed by atoms with Crippen molar-refractivity contribution in [1.82, 2.24) is 0 Å². The van der Waals surface area contributed by atoms with Crippen LogP contribution in [0.2, 0.25) is 0 Å². The molecule has 1 aromatic rings. The average molecular weight is 220 g/mol. The molecular formula is C11H12N2O3. The molecule has 0 spiro atoms. The van der Waals surface area contributed by atoms with Crippen molar-refractivity contribution in [3.8, 4) is 11.8 Å². The predicted octanol–water partition coefficient (Wildman–Crippen LogP) is 2.64. The lowest BCUT2D eigenvalue weighted by molar-refractivity contribution is -0.384. The number of nitro groups is 1. The van der Waals surface area contributed by atoms with Gasteiger partial charge in [-0.25, -0.2) is 0 Å². The summed E-state index contributed by atoms with van der Waals surface area (Å²) >= 11 is 0. The third-order valence-corrected chi connectivity index (χ3v) is 2.20. The van der Waals surface area contributed by atoms with Gasteiger partial charge in [0.25, 0.3) is 5.69 Å². The number of nitro benzene ring substituents is 1. The van der Waals surface area contributed by atoms with E-state index in [4.69, 9.17) is 10.00 Å². The SMILES string of the molecule is CCC(C)Oc1ccc([N+](=O)[O-])cc1C#N. The highest BCUT2D eigenvalue weighted by Crippen LogP contribution is 2.24. The number of hydrogen-bond acceptors (Lipinski definition) is 4. The van der Waals surface area contributed by atoms with Crippen molar-refractivity contribution in [3.05, 3.63) is 33.9 Å². The fourth-order valence-corrected chi connectivity index (χ4v) is 1.12. The first kappa shape index (κ1) is 12.0. The molecular weight excluding hydrogens is 208 g/mol. The summed E-state index contributed by atoms with van der Waals surface area (Å²) in [5.41, 5.74) is 0.0857. The smallest absolute Gasteiger partial charge is 0.271 e. The molecule has 0 aliphatic rings. The van der Waals surface area contributed by atoms with Gasteiger partial charge in [0.2, 0.25) is 0 Å². The van der Waals surface area contributed by atoms with Crippen LogP contribution < -0.4 is 4.74 Å². The van der Waals surface area contributed by atoms with Gasteiger partial charge in [-0.3, -0.25) is 10.1 Å². The molecule has 1 atom stereocenters. The zero-order chi connectivity index (χ0) is 12.1. The monoisotopic (exact) mass is 220 g/mol. The molecule has 5 heteroatoms. The molecule has 0 saturated heterocycles. The van der Waals surface area contributed by atoms with Crippen LogP contribution in [-0.2, 0) is 0 Å². The Morgan fingerprint density at radius 2 is 2.31 bits per heavy atom. The summed E-state index contributed by atoms with van der Waals surface area (Å²) in [6.45, 7) is 3.84. The van der Waals surface area contributed by atoms with Crippen LogP contribution in [0.25, 0.3) is 0 Å². The minimum atomic E-state index is -0.534. The fraction of sp³-hybridized carbons (Fsp3) is 0.364. The minimum absolute atomic E-state index is 0.0199.